The lowest BCUT2D eigenvalue weighted by Crippen LogP contribution is -2.40. The van der Waals surface area contributed by atoms with E-state index in [1.807, 2.05) is 20.8 Å². The van der Waals surface area contributed by atoms with Crippen LogP contribution in [0.1, 0.15) is 62.4 Å². The third-order valence-corrected chi connectivity index (χ3v) is 7.66. The highest BCUT2D eigenvalue weighted by atomic mass is 32.2. The van der Waals surface area contributed by atoms with Crippen molar-refractivity contribution in [3.8, 4) is 5.75 Å². The molecule has 2 aromatic carbocycles. The molecule has 1 aliphatic rings. The van der Waals surface area contributed by atoms with Crippen LogP contribution in [0.15, 0.2) is 47.4 Å². The zero-order valence-electron chi connectivity index (χ0n) is 20.9. The van der Waals surface area contributed by atoms with E-state index in [-0.39, 0.29) is 29.6 Å². The smallest absolute Gasteiger partial charge is 0.253 e. The van der Waals surface area contributed by atoms with E-state index in [4.69, 9.17) is 4.74 Å². The number of nitrogens with zero attached hydrogens (tertiary/aromatic N) is 1. The molecular weight excluding hydrogens is 466 g/mol. The molecule has 0 atom stereocenters. The minimum atomic E-state index is -3.59. The van der Waals surface area contributed by atoms with Crippen LogP contribution in [0.5, 0.6) is 5.75 Å². The number of ether oxygens (including phenoxy) is 1. The number of amides is 2. The normalized spacial score (nSPS) is 14.9. The number of nitrogens with one attached hydrogen (secondary N) is 2. The number of benzene rings is 2. The minimum Gasteiger partial charge on any atom is -0.496 e. The van der Waals surface area contributed by atoms with Crippen molar-refractivity contribution in [2.75, 3.05) is 25.5 Å². The van der Waals surface area contributed by atoms with Crippen LogP contribution in [0.25, 0.3) is 0 Å². The Morgan fingerprint density at radius 3 is 2.37 bits per heavy atom. The van der Waals surface area contributed by atoms with E-state index in [0.717, 1.165) is 19.3 Å². The first-order valence-corrected chi connectivity index (χ1v) is 13.3. The molecular formula is C26H35N3O5S. The Labute approximate surface area is 208 Å². The number of sulfonamides is 1. The fraction of sp³-hybridized carbons (Fsp3) is 0.462. The average Bonchev–Trinajstić information content (AvgIpc) is 2.82. The van der Waals surface area contributed by atoms with Gasteiger partial charge >= 0.3 is 0 Å². The molecule has 8 nitrogen and oxygen atoms in total. The molecule has 0 bridgehead atoms. The van der Waals surface area contributed by atoms with Crippen LogP contribution < -0.4 is 15.4 Å². The standard InChI is InChI=1S/C26H35N3O5S/c1-26(2,3)28-25(31)21-10-6-7-11-22(21)27-24(30)15-12-19-18-20(13-14-23(19)34-4)35(32,33)29-16-8-5-9-17-29/h6-7,10-11,13-14,18H,5,8-9,12,15-17H2,1-4H3,(H,27,30)(H,28,31). The van der Waals surface area contributed by atoms with Gasteiger partial charge in [0.15, 0.2) is 0 Å². The number of hydrogen-bond donors (Lipinski definition) is 2. The number of carbonyl (C=O) groups excluding carboxylic acids is 2. The van der Waals surface area contributed by atoms with Crippen LogP contribution >= 0.6 is 0 Å². The van der Waals surface area contributed by atoms with E-state index in [1.165, 1.54) is 11.4 Å². The lowest BCUT2D eigenvalue weighted by Gasteiger charge is -2.26. The minimum absolute atomic E-state index is 0.0960. The van der Waals surface area contributed by atoms with Crippen molar-refractivity contribution in [2.24, 2.45) is 0 Å². The van der Waals surface area contributed by atoms with Crippen LogP contribution in [0.2, 0.25) is 0 Å². The van der Waals surface area contributed by atoms with Gasteiger partial charge in [0.25, 0.3) is 5.91 Å². The number of aryl methyl sites for hydroxylation is 1. The monoisotopic (exact) mass is 501 g/mol. The highest BCUT2D eigenvalue weighted by Crippen LogP contribution is 2.27. The van der Waals surface area contributed by atoms with Crippen LogP contribution in [0, 0.1) is 0 Å². The lowest BCUT2D eigenvalue weighted by atomic mass is 10.1. The lowest BCUT2D eigenvalue weighted by molar-refractivity contribution is -0.116. The number of piperidine rings is 1. The molecule has 1 fully saturated rings. The quantitative estimate of drug-likeness (QED) is 0.570. The van der Waals surface area contributed by atoms with Gasteiger partial charge in [-0.25, -0.2) is 8.42 Å². The van der Waals surface area contributed by atoms with Crippen LogP contribution in [0.4, 0.5) is 5.69 Å². The number of carbonyl (C=O) groups is 2. The molecule has 9 heteroatoms. The van der Waals surface area contributed by atoms with Gasteiger partial charge in [0.1, 0.15) is 5.75 Å². The summed E-state index contributed by atoms with van der Waals surface area (Å²) in [5.41, 5.74) is 1.03. The Kier molecular flexibility index (Phi) is 8.56. The number of anilines is 1. The summed E-state index contributed by atoms with van der Waals surface area (Å²) in [5, 5.41) is 5.72. The molecule has 35 heavy (non-hydrogen) atoms. The van der Waals surface area contributed by atoms with Gasteiger partial charge in [-0.3, -0.25) is 9.59 Å². The topological polar surface area (TPSA) is 105 Å². The molecule has 2 N–H and O–H groups in total. The molecule has 0 aliphatic carbocycles. The maximum Gasteiger partial charge on any atom is 0.253 e. The van der Waals surface area contributed by atoms with Crippen LogP contribution in [-0.4, -0.2) is 50.3 Å². The Morgan fingerprint density at radius 2 is 1.71 bits per heavy atom. The predicted molar refractivity (Wildman–Crippen MR) is 136 cm³/mol. The van der Waals surface area contributed by atoms with Crippen molar-refractivity contribution in [3.05, 3.63) is 53.6 Å². The highest BCUT2D eigenvalue weighted by Gasteiger charge is 2.27. The number of hydrogen-bond acceptors (Lipinski definition) is 5. The number of rotatable bonds is 8. The maximum absolute atomic E-state index is 13.1. The molecule has 0 saturated carbocycles. The third kappa shape index (κ3) is 7.05. The zero-order chi connectivity index (χ0) is 25.6. The summed E-state index contributed by atoms with van der Waals surface area (Å²) in [5.74, 6) is -0.0293. The fourth-order valence-corrected chi connectivity index (χ4v) is 5.59. The second-order valence-corrected chi connectivity index (χ2v) is 11.7. The van der Waals surface area contributed by atoms with Gasteiger partial charge in [-0.1, -0.05) is 18.6 Å². The summed E-state index contributed by atoms with van der Waals surface area (Å²) in [4.78, 5) is 25.6. The summed E-state index contributed by atoms with van der Waals surface area (Å²) in [6, 6.07) is 11.6. The summed E-state index contributed by atoms with van der Waals surface area (Å²) in [6.45, 7) is 6.71. The molecule has 3 rings (SSSR count). The first-order chi connectivity index (χ1) is 16.5. The summed E-state index contributed by atoms with van der Waals surface area (Å²) in [7, 11) is -2.08. The van der Waals surface area contributed by atoms with E-state index in [0.29, 0.717) is 35.7 Å². The van der Waals surface area contributed by atoms with Gasteiger partial charge in [-0.15, -0.1) is 0 Å². The molecule has 1 saturated heterocycles. The van der Waals surface area contributed by atoms with Crippen molar-refractivity contribution in [2.45, 2.75) is 63.3 Å². The van der Waals surface area contributed by atoms with Gasteiger partial charge in [0, 0.05) is 25.0 Å². The molecule has 2 aromatic rings. The Balaban J connectivity index is 1.73. The number of methoxy groups -OCH3 is 1. The largest absolute Gasteiger partial charge is 0.496 e. The van der Waals surface area contributed by atoms with Gasteiger partial charge < -0.3 is 15.4 Å². The first-order valence-electron chi connectivity index (χ1n) is 11.9. The molecule has 0 unspecified atom stereocenters. The van der Waals surface area contributed by atoms with Crippen LogP contribution in [0.3, 0.4) is 0 Å². The average molecular weight is 502 g/mol. The van der Waals surface area contributed by atoms with Crippen molar-refractivity contribution in [3.63, 3.8) is 0 Å². The molecule has 0 spiro atoms. The molecule has 1 heterocycles. The Morgan fingerprint density at radius 1 is 1.03 bits per heavy atom. The second-order valence-electron chi connectivity index (χ2n) is 9.74. The SMILES string of the molecule is COc1ccc(S(=O)(=O)N2CCCCC2)cc1CCC(=O)Nc1ccccc1C(=O)NC(C)(C)C. The van der Waals surface area contributed by atoms with Crippen molar-refractivity contribution in [1.29, 1.82) is 0 Å². The van der Waals surface area contributed by atoms with E-state index >= 15 is 0 Å². The molecule has 1 aliphatic heterocycles. The van der Waals surface area contributed by atoms with Gasteiger partial charge in [-0.2, -0.15) is 4.31 Å². The second kappa shape index (κ2) is 11.2. The van der Waals surface area contributed by atoms with E-state index in [9.17, 15) is 18.0 Å². The van der Waals surface area contributed by atoms with Crippen molar-refractivity contribution in [1.82, 2.24) is 9.62 Å². The number of para-hydroxylation sites is 1. The summed E-state index contributed by atoms with van der Waals surface area (Å²) in [6.07, 6.45) is 3.14. The fourth-order valence-electron chi connectivity index (χ4n) is 4.02. The molecule has 0 aromatic heterocycles. The summed E-state index contributed by atoms with van der Waals surface area (Å²) >= 11 is 0. The zero-order valence-corrected chi connectivity index (χ0v) is 21.7. The van der Waals surface area contributed by atoms with Gasteiger partial charge in [0.2, 0.25) is 15.9 Å². The Hall–Kier alpha value is -2.91. The Bertz CT molecular complexity index is 1170. The maximum atomic E-state index is 13.1. The van der Waals surface area contributed by atoms with Crippen LogP contribution in [-0.2, 0) is 21.2 Å². The third-order valence-electron chi connectivity index (χ3n) is 5.76. The van der Waals surface area contributed by atoms with Crippen molar-refractivity contribution < 1.29 is 22.7 Å². The summed E-state index contributed by atoms with van der Waals surface area (Å²) < 4.78 is 33.1. The molecule has 190 valence electrons. The predicted octanol–water partition coefficient (Wildman–Crippen LogP) is 3.97. The van der Waals surface area contributed by atoms with E-state index in [2.05, 4.69) is 10.6 Å². The highest BCUT2D eigenvalue weighted by molar-refractivity contribution is 7.89. The molecule has 0 radical (unpaired) electrons. The van der Waals surface area contributed by atoms with Crippen molar-refractivity contribution >= 4 is 27.5 Å². The first kappa shape index (κ1) is 26.7. The van der Waals surface area contributed by atoms with Gasteiger partial charge in [-0.05, 0) is 75.9 Å². The molecule has 2 amide bonds. The van der Waals surface area contributed by atoms with Gasteiger partial charge in [0.05, 0.1) is 23.3 Å². The van der Waals surface area contributed by atoms with E-state index < -0.39 is 15.6 Å². The van der Waals surface area contributed by atoms with E-state index in [1.54, 1.807) is 42.5 Å².